The topological polar surface area (TPSA) is 75.3 Å². The Kier molecular flexibility index (Phi) is 5.65. The van der Waals surface area contributed by atoms with E-state index >= 15 is 0 Å². The summed E-state index contributed by atoms with van der Waals surface area (Å²) >= 11 is 0. The van der Waals surface area contributed by atoms with Crippen LogP contribution in [0.15, 0.2) is 41.3 Å². The molecule has 2 N–H and O–H groups in total. The summed E-state index contributed by atoms with van der Waals surface area (Å²) in [6, 6.07) is 10.00. The average Bonchev–Trinajstić information content (AvgIpc) is 2.58. The quantitative estimate of drug-likeness (QED) is 0.861. The third kappa shape index (κ3) is 4.27. The van der Waals surface area contributed by atoms with Gasteiger partial charge in [0.2, 0.25) is 10.0 Å². The fourth-order valence-electron chi connectivity index (χ4n) is 2.73. The van der Waals surface area contributed by atoms with Crippen molar-refractivity contribution in [3.05, 3.63) is 64.2 Å². The molecular formula is C19H24N2O3S. The molecule has 25 heavy (non-hydrogen) atoms. The fourth-order valence-corrected chi connectivity index (χ4v) is 3.50. The molecule has 0 unspecified atom stereocenters. The van der Waals surface area contributed by atoms with Crippen LogP contribution in [0.2, 0.25) is 0 Å². The number of amides is 1. The van der Waals surface area contributed by atoms with Crippen molar-refractivity contribution in [2.24, 2.45) is 0 Å². The van der Waals surface area contributed by atoms with Gasteiger partial charge in [0.25, 0.3) is 5.91 Å². The molecule has 5 nitrogen and oxygen atoms in total. The zero-order valence-corrected chi connectivity index (χ0v) is 16.0. The minimum Gasteiger partial charge on any atom is -0.346 e. The van der Waals surface area contributed by atoms with E-state index in [4.69, 9.17) is 0 Å². The van der Waals surface area contributed by atoms with Gasteiger partial charge in [-0.3, -0.25) is 4.79 Å². The second-order valence-electron chi connectivity index (χ2n) is 6.22. The average molecular weight is 360 g/mol. The van der Waals surface area contributed by atoms with Gasteiger partial charge in [0.1, 0.15) is 0 Å². The zero-order chi connectivity index (χ0) is 18.8. The highest BCUT2D eigenvalue weighted by Crippen LogP contribution is 2.22. The van der Waals surface area contributed by atoms with E-state index in [0.717, 1.165) is 11.1 Å². The van der Waals surface area contributed by atoms with E-state index in [1.54, 1.807) is 12.1 Å². The predicted octanol–water partition coefficient (Wildman–Crippen LogP) is 3.01. The van der Waals surface area contributed by atoms with Crippen molar-refractivity contribution in [1.82, 2.24) is 10.0 Å². The van der Waals surface area contributed by atoms with Gasteiger partial charge in [0, 0.05) is 5.56 Å². The van der Waals surface area contributed by atoms with Gasteiger partial charge in [-0.15, -0.1) is 0 Å². The summed E-state index contributed by atoms with van der Waals surface area (Å²) in [6.45, 7) is 8.04. The third-order valence-corrected chi connectivity index (χ3v) is 5.78. The van der Waals surface area contributed by atoms with Gasteiger partial charge in [-0.05, 0) is 75.2 Å². The normalized spacial score (nSPS) is 12.7. The van der Waals surface area contributed by atoms with Crippen LogP contribution in [0.1, 0.15) is 45.6 Å². The Labute approximate surface area is 149 Å². The molecule has 0 fully saturated rings. The number of carbonyl (C=O) groups excluding carboxylic acids is 1. The Morgan fingerprint density at radius 1 is 1.00 bits per heavy atom. The monoisotopic (exact) mass is 360 g/mol. The molecule has 0 aliphatic carbocycles. The summed E-state index contributed by atoms with van der Waals surface area (Å²) in [5, 5.41) is 2.94. The van der Waals surface area contributed by atoms with E-state index in [1.807, 2.05) is 20.8 Å². The standard InChI is InChI=1S/C19H24N2O3S/c1-12-9-14(3)18(10-13(12)2)15(4)21-19(22)16-7-6-8-17(11-16)25(23,24)20-5/h6-11,15,20H,1-5H3,(H,21,22)/t15-/m1/s1. The highest BCUT2D eigenvalue weighted by atomic mass is 32.2. The largest absolute Gasteiger partial charge is 0.346 e. The minimum atomic E-state index is -3.58. The first-order chi connectivity index (χ1) is 11.7. The first kappa shape index (κ1) is 19.1. The maximum absolute atomic E-state index is 12.5. The molecule has 2 aromatic carbocycles. The van der Waals surface area contributed by atoms with Crippen LogP contribution in [0.25, 0.3) is 0 Å². The van der Waals surface area contributed by atoms with E-state index < -0.39 is 10.0 Å². The number of hydrogen-bond donors (Lipinski definition) is 2. The summed E-state index contributed by atoms with van der Waals surface area (Å²) in [4.78, 5) is 12.6. The maximum Gasteiger partial charge on any atom is 0.251 e. The zero-order valence-electron chi connectivity index (χ0n) is 15.2. The first-order valence-electron chi connectivity index (χ1n) is 8.08. The molecule has 134 valence electrons. The minimum absolute atomic E-state index is 0.0673. The summed E-state index contributed by atoms with van der Waals surface area (Å²) in [5.74, 6) is -0.307. The van der Waals surface area contributed by atoms with Crippen molar-refractivity contribution in [2.75, 3.05) is 7.05 Å². The summed E-state index contributed by atoms with van der Waals surface area (Å²) in [7, 11) is -2.24. The predicted molar refractivity (Wildman–Crippen MR) is 99.2 cm³/mol. The Balaban J connectivity index is 2.25. The van der Waals surface area contributed by atoms with Crippen LogP contribution in [-0.4, -0.2) is 21.4 Å². The Morgan fingerprint density at radius 2 is 1.64 bits per heavy atom. The highest BCUT2D eigenvalue weighted by molar-refractivity contribution is 7.89. The second-order valence-corrected chi connectivity index (χ2v) is 8.11. The third-order valence-electron chi connectivity index (χ3n) is 4.37. The van der Waals surface area contributed by atoms with Crippen LogP contribution < -0.4 is 10.0 Å². The highest BCUT2D eigenvalue weighted by Gasteiger charge is 2.17. The van der Waals surface area contributed by atoms with Crippen molar-refractivity contribution in [1.29, 1.82) is 0 Å². The van der Waals surface area contributed by atoms with Gasteiger partial charge in [-0.25, -0.2) is 13.1 Å². The Hall–Kier alpha value is -2.18. The van der Waals surface area contributed by atoms with E-state index in [-0.39, 0.29) is 16.8 Å². The van der Waals surface area contributed by atoms with Crippen LogP contribution in [0.5, 0.6) is 0 Å². The first-order valence-corrected chi connectivity index (χ1v) is 9.56. The molecule has 0 radical (unpaired) electrons. The maximum atomic E-state index is 12.5. The Morgan fingerprint density at radius 3 is 2.28 bits per heavy atom. The van der Waals surface area contributed by atoms with Crippen molar-refractivity contribution in [3.8, 4) is 0 Å². The number of hydrogen-bond acceptors (Lipinski definition) is 3. The van der Waals surface area contributed by atoms with Crippen molar-refractivity contribution in [3.63, 3.8) is 0 Å². The van der Waals surface area contributed by atoms with Crippen molar-refractivity contribution >= 4 is 15.9 Å². The Bertz CT molecular complexity index is 905. The molecule has 0 aliphatic heterocycles. The van der Waals surface area contributed by atoms with Gasteiger partial charge in [0.05, 0.1) is 10.9 Å². The lowest BCUT2D eigenvalue weighted by molar-refractivity contribution is 0.0939. The number of rotatable bonds is 5. The van der Waals surface area contributed by atoms with Crippen LogP contribution in [0.3, 0.4) is 0 Å². The summed E-state index contributed by atoms with van der Waals surface area (Å²) in [5.41, 5.74) is 4.86. The van der Waals surface area contributed by atoms with Gasteiger partial charge in [-0.2, -0.15) is 0 Å². The van der Waals surface area contributed by atoms with E-state index in [0.29, 0.717) is 5.56 Å². The summed E-state index contributed by atoms with van der Waals surface area (Å²) in [6.07, 6.45) is 0. The second kappa shape index (κ2) is 7.37. The number of nitrogens with one attached hydrogen (secondary N) is 2. The van der Waals surface area contributed by atoms with E-state index in [2.05, 4.69) is 29.1 Å². The van der Waals surface area contributed by atoms with E-state index in [9.17, 15) is 13.2 Å². The number of benzene rings is 2. The summed E-state index contributed by atoms with van der Waals surface area (Å²) < 4.78 is 26.0. The molecule has 2 rings (SSSR count). The molecule has 0 aromatic heterocycles. The SMILES string of the molecule is CNS(=O)(=O)c1cccc(C(=O)N[C@H](C)c2cc(C)c(C)cc2C)c1. The number of aryl methyl sites for hydroxylation is 3. The molecule has 0 heterocycles. The lowest BCUT2D eigenvalue weighted by Crippen LogP contribution is -2.27. The van der Waals surface area contributed by atoms with Crippen LogP contribution in [-0.2, 0) is 10.0 Å². The molecule has 0 spiro atoms. The molecule has 0 bridgehead atoms. The smallest absolute Gasteiger partial charge is 0.251 e. The molecule has 0 saturated carbocycles. The molecule has 1 atom stereocenters. The fraction of sp³-hybridized carbons (Fsp3) is 0.316. The van der Waals surface area contributed by atoms with Gasteiger partial charge >= 0.3 is 0 Å². The lowest BCUT2D eigenvalue weighted by atomic mass is 9.96. The number of sulfonamides is 1. The van der Waals surface area contributed by atoms with Gasteiger partial charge in [0.15, 0.2) is 0 Å². The molecule has 0 aliphatic rings. The molecule has 0 saturated heterocycles. The lowest BCUT2D eigenvalue weighted by Gasteiger charge is -2.18. The number of carbonyl (C=O) groups is 1. The van der Waals surface area contributed by atoms with Crippen LogP contribution in [0, 0.1) is 20.8 Å². The van der Waals surface area contributed by atoms with Gasteiger partial charge in [-0.1, -0.05) is 18.2 Å². The molecule has 2 aromatic rings. The van der Waals surface area contributed by atoms with Crippen molar-refractivity contribution < 1.29 is 13.2 Å². The van der Waals surface area contributed by atoms with Gasteiger partial charge < -0.3 is 5.32 Å². The van der Waals surface area contributed by atoms with E-state index in [1.165, 1.54) is 30.3 Å². The van der Waals surface area contributed by atoms with Crippen LogP contribution >= 0.6 is 0 Å². The molecule has 6 heteroatoms. The molecule has 1 amide bonds. The molecular weight excluding hydrogens is 336 g/mol. The van der Waals surface area contributed by atoms with Crippen LogP contribution in [0.4, 0.5) is 0 Å². The van der Waals surface area contributed by atoms with Crippen molar-refractivity contribution in [2.45, 2.75) is 38.6 Å².